The minimum Gasteiger partial charge on any atom is -0.308 e. The predicted octanol–water partition coefficient (Wildman–Crippen LogP) is 13.4. The summed E-state index contributed by atoms with van der Waals surface area (Å²) in [6.45, 7) is 0. The van der Waals surface area contributed by atoms with E-state index >= 15 is 0 Å². The molecular weight excluding hydrogens is 715 g/mol. The SMILES string of the molecule is c1ccc(-c2nc(-c3ccccc3)nc(-c3cccc4c5c6sc7c(-n8c9ccccc9c9ccccc98)cccc7c6ccc5n(-c5ccccc5)c34)n2)cc1. The first-order valence-corrected chi connectivity index (χ1v) is 19.9. The van der Waals surface area contributed by atoms with Crippen molar-refractivity contribution in [3.05, 3.63) is 188 Å². The first-order valence-electron chi connectivity index (χ1n) is 19.1. The van der Waals surface area contributed by atoms with Crippen molar-refractivity contribution in [1.29, 1.82) is 0 Å². The zero-order chi connectivity index (χ0) is 37.5. The fraction of sp³-hybridized carbons (Fsp3) is 0. The molecule has 0 saturated carbocycles. The number of rotatable bonds is 5. The van der Waals surface area contributed by atoms with Gasteiger partial charge in [-0.3, -0.25) is 0 Å². The lowest BCUT2D eigenvalue weighted by atomic mass is 10.1. The van der Waals surface area contributed by atoms with Gasteiger partial charge in [0.2, 0.25) is 0 Å². The van der Waals surface area contributed by atoms with Crippen LogP contribution in [0, 0.1) is 0 Å². The number of thiophene rings is 1. The third-order valence-corrected chi connectivity index (χ3v) is 12.4. The smallest absolute Gasteiger partial charge is 0.166 e. The molecule has 0 aliphatic rings. The van der Waals surface area contributed by atoms with Crippen molar-refractivity contribution < 1.29 is 0 Å². The van der Waals surface area contributed by atoms with E-state index in [9.17, 15) is 0 Å². The Morgan fingerprint density at radius 1 is 0.351 bits per heavy atom. The largest absolute Gasteiger partial charge is 0.308 e. The van der Waals surface area contributed by atoms with E-state index in [4.69, 9.17) is 15.0 Å². The highest BCUT2D eigenvalue weighted by Gasteiger charge is 2.23. The predicted molar refractivity (Wildman–Crippen MR) is 238 cm³/mol. The molecule has 0 unspecified atom stereocenters. The maximum Gasteiger partial charge on any atom is 0.166 e. The van der Waals surface area contributed by atoms with Gasteiger partial charge in [0.05, 0.1) is 32.5 Å². The van der Waals surface area contributed by atoms with Crippen molar-refractivity contribution in [2.75, 3.05) is 0 Å². The normalized spacial score (nSPS) is 11.9. The van der Waals surface area contributed by atoms with E-state index in [0.29, 0.717) is 17.5 Å². The lowest BCUT2D eigenvalue weighted by Crippen LogP contribution is -2.02. The van der Waals surface area contributed by atoms with Gasteiger partial charge in [-0.1, -0.05) is 146 Å². The number of fused-ring (bicyclic) bond motifs is 10. The van der Waals surface area contributed by atoms with Crippen LogP contribution in [0.1, 0.15) is 0 Å². The molecule has 0 bridgehead atoms. The summed E-state index contributed by atoms with van der Waals surface area (Å²) in [7, 11) is 0. The Labute approximate surface area is 331 Å². The lowest BCUT2D eigenvalue weighted by Gasteiger charge is -2.12. The summed E-state index contributed by atoms with van der Waals surface area (Å²) < 4.78 is 7.37. The number of nitrogens with zero attached hydrogens (tertiary/aromatic N) is 5. The minimum absolute atomic E-state index is 0.634. The molecule has 12 rings (SSSR count). The fourth-order valence-corrected chi connectivity index (χ4v) is 10.1. The van der Waals surface area contributed by atoms with Crippen LogP contribution < -0.4 is 0 Å². The molecule has 0 spiro atoms. The average molecular weight is 746 g/mol. The molecular formula is C51H31N5S. The van der Waals surface area contributed by atoms with Gasteiger partial charge >= 0.3 is 0 Å². The molecule has 12 aromatic rings. The van der Waals surface area contributed by atoms with Gasteiger partial charge in [-0.25, -0.2) is 15.0 Å². The van der Waals surface area contributed by atoms with Crippen LogP contribution in [-0.2, 0) is 0 Å². The minimum atomic E-state index is 0.634. The Hall–Kier alpha value is -7.41. The molecule has 0 fully saturated rings. The van der Waals surface area contributed by atoms with Gasteiger partial charge in [0.25, 0.3) is 0 Å². The summed E-state index contributed by atoms with van der Waals surface area (Å²) in [5.41, 5.74) is 9.74. The Balaban J connectivity index is 1.18. The summed E-state index contributed by atoms with van der Waals surface area (Å²) >= 11 is 1.88. The van der Waals surface area contributed by atoms with Crippen LogP contribution in [0.4, 0.5) is 0 Å². The highest BCUT2D eigenvalue weighted by atomic mass is 32.1. The molecule has 0 N–H and O–H groups in total. The maximum atomic E-state index is 5.21. The first-order chi connectivity index (χ1) is 28.3. The highest BCUT2D eigenvalue weighted by Crippen LogP contribution is 2.47. The molecule has 57 heavy (non-hydrogen) atoms. The molecule has 0 saturated heterocycles. The van der Waals surface area contributed by atoms with Crippen LogP contribution in [0.3, 0.4) is 0 Å². The third kappa shape index (κ3) is 4.84. The van der Waals surface area contributed by atoms with Crippen LogP contribution >= 0.6 is 11.3 Å². The van der Waals surface area contributed by atoms with Gasteiger partial charge in [0.15, 0.2) is 17.5 Å². The Morgan fingerprint density at radius 2 is 0.877 bits per heavy atom. The van der Waals surface area contributed by atoms with E-state index in [-0.39, 0.29) is 0 Å². The summed E-state index contributed by atoms with van der Waals surface area (Å²) in [4.78, 5) is 15.4. The van der Waals surface area contributed by atoms with Crippen LogP contribution in [0.25, 0.3) is 109 Å². The van der Waals surface area contributed by atoms with Gasteiger partial charge < -0.3 is 9.13 Å². The number of benzene rings is 8. The summed E-state index contributed by atoms with van der Waals surface area (Å²) in [5.74, 6) is 1.92. The van der Waals surface area contributed by atoms with E-state index in [2.05, 4.69) is 161 Å². The molecule has 0 amide bonds. The molecule has 8 aromatic carbocycles. The third-order valence-electron chi connectivity index (χ3n) is 11.2. The van der Waals surface area contributed by atoms with Gasteiger partial charge in [-0.15, -0.1) is 11.3 Å². The molecule has 4 aromatic heterocycles. The highest BCUT2D eigenvalue weighted by molar-refractivity contribution is 7.27. The van der Waals surface area contributed by atoms with Crippen LogP contribution in [-0.4, -0.2) is 24.1 Å². The molecule has 0 atom stereocenters. The van der Waals surface area contributed by atoms with Crippen LogP contribution in [0.15, 0.2) is 188 Å². The first kappa shape index (κ1) is 31.9. The molecule has 0 aliphatic heterocycles. The second kappa shape index (κ2) is 12.6. The number of para-hydroxylation sites is 4. The van der Waals surface area contributed by atoms with Crippen molar-refractivity contribution in [1.82, 2.24) is 24.1 Å². The van der Waals surface area contributed by atoms with Crippen molar-refractivity contribution in [2.24, 2.45) is 0 Å². The number of hydrogen-bond donors (Lipinski definition) is 0. The Morgan fingerprint density at radius 3 is 1.54 bits per heavy atom. The number of aromatic nitrogens is 5. The van der Waals surface area contributed by atoms with E-state index < -0.39 is 0 Å². The summed E-state index contributed by atoms with van der Waals surface area (Å²) in [5, 5.41) is 7.41. The second-order valence-corrected chi connectivity index (χ2v) is 15.4. The second-order valence-electron chi connectivity index (χ2n) is 14.4. The quantitative estimate of drug-likeness (QED) is 0.176. The van der Waals surface area contributed by atoms with Crippen molar-refractivity contribution in [3.63, 3.8) is 0 Å². The zero-order valence-electron chi connectivity index (χ0n) is 30.5. The Bertz CT molecular complexity index is 3400. The molecule has 0 aliphatic carbocycles. The topological polar surface area (TPSA) is 48.5 Å². The van der Waals surface area contributed by atoms with E-state index in [1.807, 2.05) is 47.7 Å². The van der Waals surface area contributed by atoms with Crippen molar-refractivity contribution >= 4 is 75.1 Å². The molecule has 4 heterocycles. The van der Waals surface area contributed by atoms with E-state index in [1.165, 1.54) is 53.1 Å². The maximum absolute atomic E-state index is 5.21. The van der Waals surface area contributed by atoms with Crippen LogP contribution in [0.2, 0.25) is 0 Å². The number of hydrogen-bond acceptors (Lipinski definition) is 4. The summed E-state index contributed by atoms with van der Waals surface area (Å²) in [6, 6.07) is 66.4. The molecule has 266 valence electrons. The van der Waals surface area contributed by atoms with Crippen molar-refractivity contribution in [3.8, 4) is 45.5 Å². The van der Waals surface area contributed by atoms with Gasteiger partial charge in [0.1, 0.15) is 0 Å². The molecule has 5 nitrogen and oxygen atoms in total. The molecule has 0 radical (unpaired) electrons. The van der Waals surface area contributed by atoms with E-state index in [1.54, 1.807) is 0 Å². The summed E-state index contributed by atoms with van der Waals surface area (Å²) in [6.07, 6.45) is 0. The lowest BCUT2D eigenvalue weighted by molar-refractivity contribution is 1.07. The van der Waals surface area contributed by atoms with Gasteiger partial charge in [-0.05, 0) is 42.5 Å². The van der Waals surface area contributed by atoms with Crippen molar-refractivity contribution in [2.45, 2.75) is 0 Å². The standard InChI is InChI=1S/C51H31N5S/c1-4-16-32(17-5-1)49-52-50(33-18-6-2-7-19-33)54-51(53-49)40-26-14-25-39-45-43(55(46(39)40)34-20-8-3-9-21-34)31-30-38-37-24-15-29-44(47(37)57-48(38)45)56-41-27-12-10-22-35(41)36-23-11-13-28-42(36)56/h1-31H. The zero-order valence-corrected chi connectivity index (χ0v) is 31.4. The monoisotopic (exact) mass is 745 g/mol. The van der Waals surface area contributed by atoms with Crippen LogP contribution in [0.5, 0.6) is 0 Å². The van der Waals surface area contributed by atoms with Gasteiger partial charge in [-0.2, -0.15) is 0 Å². The fourth-order valence-electron chi connectivity index (χ4n) is 8.70. The Kier molecular flexibility index (Phi) is 7.03. The van der Waals surface area contributed by atoms with Gasteiger partial charge in [0, 0.05) is 59.4 Å². The average Bonchev–Trinajstić information content (AvgIpc) is 3.95. The molecule has 6 heteroatoms. The van der Waals surface area contributed by atoms with E-state index in [0.717, 1.165) is 38.8 Å².